The molecule has 0 amide bonds. The number of rotatable bonds is 3. The minimum Gasteiger partial charge on any atom is -0.497 e. The van der Waals surface area contributed by atoms with Crippen molar-refractivity contribution in [2.24, 2.45) is 0 Å². The SMILES string of the molecule is COc1ccc2c(c1)C=C(c1ccccc1)N(c1cccc3cccnc13)S2(=O)=O. The van der Waals surface area contributed by atoms with E-state index in [0.717, 1.165) is 10.9 Å². The molecule has 30 heavy (non-hydrogen) atoms. The molecule has 0 aliphatic carbocycles. The van der Waals surface area contributed by atoms with Gasteiger partial charge in [0.1, 0.15) is 5.75 Å². The van der Waals surface area contributed by atoms with Gasteiger partial charge in [0.25, 0.3) is 10.0 Å². The Balaban J connectivity index is 1.85. The summed E-state index contributed by atoms with van der Waals surface area (Å²) in [4.78, 5) is 4.71. The molecule has 148 valence electrons. The van der Waals surface area contributed by atoms with Gasteiger partial charge in [-0.1, -0.05) is 48.5 Å². The van der Waals surface area contributed by atoms with Crippen LogP contribution in [0.15, 0.2) is 90.0 Å². The molecule has 1 aliphatic rings. The fourth-order valence-corrected chi connectivity index (χ4v) is 5.43. The molecule has 0 atom stereocenters. The molecule has 4 aromatic rings. The van der Waals surface area contributed by atoms with Crippen LogP contribution in [0.2, 0.25) is 0 Å². The fourth-order valence-electron chi connectivity index (χ4n) is 3.76. The number of pyridine rings is 1. The average Bonchev–Trinajstić information content (AvgIpc) is 2.78. The summed E-state index contributed by atoms with van der Waals surface area (Å²) in [6.45, 7) is 0. The first-order valence-electron chi connectivity index (χ1n) is 9.44. The van der Waals surface area contributed by atoms with Gasteiger partial charge in [0, 0.05) is 17.1 Å². The van der Waals surface area contributed by atoms with Gasteiger partial charge in [-0.2, -0.15) is 0 Å². The second kappa shape index (κ2) is 7.00. The molecule has 0 fully saturated rings. The number of fused-ring (bicyclic) bond motifs is 2. The quantitative estimate of drug-likeness (QED) is 0.476. The molecular formula is C24H18N2O3S. The lowest BCUT2D eigenvalue weighted by molar-refractivity contribution is 0.414. The summed E-state index contributed by atoms with van der Waals surface area (Å²) < 4.78 is 34.4. The van der Waals surface area contributed by atoms with Crippen molar-refractivity contribution < 1.29 is 13.2 Å². The zero-order valence-electron chi connectivity index (χ0n) is 16.2. The van der Waals surface area contributed by atoms with Crippen LogP contribution in [0.1, 0.15) is 11.1 Å². The minimum atomic E-state index is -3.88. The van der Waals surface area contributed by atoms with Crippen molar-refractivity contribution in [1.82, 2.24) is 4.98 Å². The van der Waals surface area contributed by atoms with Crippen LogP contribution in [0.5, 0.6) is 5.75 Å². The Kier molecular flexibility index (Phi) is 4.29. The topological polar surface area (TPSA) is 59.5 Å². The van der Waals surface area contributed by atoms with Crippen LogP contribution in [0.4, 0.5) is 5.69 Å². The van der Waals surface area contributed by atoms with Gasteiger partial charge in [-0.05, 0) is 42.0 Å². The van der Waals surface area contributed by atoms with Crippen LogP contribution in [0, 0.1) is 0 Å². The Morgan fingerprint density at radius 1 is 0.900 bits per heavy atom. The molecular weight excluding hydrogens is 396 g/mol. The highest BCUT2D eigenvalue weighted by molar-refractivity contribution is 7.93. The summed E-state index contributed by atoms with van der Waals surface area (Å²) in [7, 11) is -2.32. The zero-order chi connectivity index (χ0) is 20.7. The number of nitrogens with zero attached hydrogens (tertiary/aromatic N) is 2. The number of ether oxygens (including phenoxy) is 1. The zero-order valence-corrected chi connectivity index (χ0v) is 17.0. The molecule has 0 radical (unpaired) electrons. The van der Waals surface area contributed by atoms with Gasteiger partial charge in [-0.25, -0.2) is 12.7 Å². The highest BCUT2D eigenvalue weighted by Crippen LogP contribution is 2.42. The third-order valence-corrected chi connectivity index (χ3v) is 6.95. The number of hydrogen-bond acceptors (Lipinski definition) is 4. The molecule has 0 bridgehead atoms. The number of hydrogen-bond donors (Lipinski definition) is 0. The van der Waals surface area contributed by atoms with E-state index in [-0.39, 0.29) is 4.90 Å². The van der Waals surface area contributed by atoms with E-state index in [1.54, 1.807) is 37.6 Å². The van der Waals surface area contributed by atoms with Crippen LogP contribution in [-0.2, 0) is 10.0 Å². The van der Waals surface area contributed by atoms with E-state index in [1.165, 1.54) is 4.31 Å². The van der Waals surface area contributed by atoms with Crippen molar-refractivity contribution in [3.63, 3.8) is 0 Å². The summed E-state index contributed by atoms with van der Waals surface area (Å²) in [6, 6.07) is 23.8. The van der Waals surface area contributed by atoms with Crippen molar-refractivity contribution in [2.75, 3.05) is 11.4 Å². The largest absolute Gasteiger partial charge is 0.497 e. The number of anilines is 1. The van der Waals surface area contributed by atoms with E-state index in [1.807, 2.05) is 60.7 Å². The Hall–Kier alpha value is -3.64. The third kappa shape index (κ3) is 2.84. The Morgan fingerprint density at radius 2 is 1.70 bits per heavy atom. The standard InChI is InChI=1S/C24H18N2O3S/c1-29-20-12-13-23-19(15-20)16-22(17-7-3-2-4-8-17)26(30(23,27)28)21-11-5-9-18-10-6-14-25-24(18)21/h2-16H,1H3. The van der Waals surface area contributed by atoms with E-state index < -0.39 is 10.0 Å². The highest BCUT2D eigenvalue weighted by Gasteiger charge is 2.35. The van der Waals surface area contributed by atoms with E-state index in [0.29, 0.717) is 28.2 Å². The first-order chi connectivity index (χ1) is 14.6. The van der Waals surface area contributed by atoms with E-state index in [2.05, 4.69) is 4.98 Å². The summed E-state index contributed by atoms with van der Waals surface area (Å²) in [5.41, 5.74) is 3.10. The number of aromatic nitrogens is 1. The number of methoxy groups -OCH3 is 1. The van der Waals surface area contributed by atoms with E-state index >= 15 is 0 Å². The molecule has 0 saturated heterocycles. The first kappa shape index (κ1) is 18.4. The van der Waals surface area contributed by atoms with Crippen molar-refractivity contribution in [2.45, 2.75) is 4.90 Å². The monoisotopic (exact) mass is 414 g/mol. The molecule has 1 aliphatic heterocycles. The fraction of sp³-hybridized carbons (Fsp3) is 0.0417. The van der Waals surface area contributed by atoms with Gasteiger partial charge in [0.2, 0.25) is 0 Å². The normalized spacial score (nSPS) is 14.8. The molecule has 5 rings (SSSR count). The lowest BCUT2D eigenvalue weighted by Crippen LogP contribution is -2.32. The van der Waals surface area contributed by atoms with Crippen LogP contribution in [0.25, 0.3) is 22.7 Å². The predicted molar refractivity (Wildman–Crippen MR) is 119 cm³/mol. The molecule has 0 N–H and O–H groups in total. The van der Waals surface area contributed by atoms with E-state index in [4.69, 9.17) is 4.74 Å². The molecule has 0 unspecified atom stereocenters. The molecule has 2 heterocycles. The molecule has 3 aromatic carbocycles. The van der Waals surface area contributed by atoms with E-state index in [9.17, 15) is 8.42 Å². The molecule has 5 nitrogen and oxygen atoms in total. The number of para-hydroxylation sites is 1. The van der Waals surface area contributed by atoms with Crippen molar-refractivity contribution in [1.29, 1.82) is 0 Å². The molecule has 1 aromatic heterocycles. The Bertz CT molecular complexity index is 1390. The molecule has 0 spiro atoms. The second-order valence-corrected chi connectivity index (χ2v) is 8.68. The first-order valence-corrected chi connectivity index (χ1v) is 10.9. The predicted octanol–water partition coefficient (Wildman–Crippen LogP) is 4.95. The van der Waals surface area contributed by atoms with Crippen molar-refractivity contribution in [3.8, 4) is 5.75 Å². The van der Waals surface area contributed by atoms with Gasteiger partial charge in [0.05, 0.1) is 28.9 Å². The number of sulfonamides is 1. The highest BCUT2D eigenvalue weighted by atomic mass is 32.2. The summed E-state index contributed by atoms with van der Waals surface area (Å²) >= 11 is 0. The van der Waals surface area contributed by atoms with Crippen LogP contribution in [0.3, 0.4) is 0 Å². The lowest BCUT2D eigenvalue weighted by Gasteiger charge is -2.32. The van der Waals surface area contributed by atoms with Crippen molar-refractivity contribution in [3.05, 3.63) is 96.2 Å². The second-order valence-electron chi connectivity index (χ2n) is 6.92. The third-order valence-electron chi connectivity index (χ3n) is 5.15. The maximum absolute atomic E-state index is 13.8. The van der Waals surface area contributed by atoms with Gasteiger partial charge >= 0.3 is 0 Å². The number of benzene rings is 3. The maximum atomic E-state index is 13.8. The summed E-state index contributed by atoms with van der Waals surface area (Å²) in [5, 5.41) is 0.873. The molecule has 6 heteroatoms. The van der Waals surface area contributed by atoms with Gasteiger partial charge in [-0.15, -0.1) is 0 Å². The summed E-state index contributed by atoms with van der Waals surface area (Å²) in [6.07, 6.45) is 3.56. The van der Waals surface area contributed by atoms with Crippen LogP contribution in [-0.4, -0.2) is 20.5 Å². The van der Waals surface area contributed by atoms with Crippen molar-refractivity contribution >= 4 is 38.4 Å². The van der Waals surface area contributed by atoms with Gasteiger partial charge < -0.3 is 4.74 Å². The lowest BCUT2D eigenvalue weighted by atomic mass is 10.1. The van der Waals surface area contributed by atoms with Crippen LogP contribution >= 0.6 is 0 Å². The Labute approximate surface area is 174 Å². The van der Waals surface area contributed by atoms with Gasteiger partial charge in [0.15, 0.2) is 0 Å². The molecule has 0 saturated carbocycles. The maximum Gasteiger partial charge on any atom is 0.269 e. The Morgan fingerprint density at radius 3 is 2.50 bits per heavy atom. The van der Waals surface area contributed by atoms with Gasteiger partial charge in [-0.3, -0.25) is 4.98 Å². The van der Waals surface area contributed by atoms with Crippen LogP contribution < -0.4 is 9.04 Å². The average molecular weight is 414 g/mol. The smallest absolute Gasteiger partial charge is 0.269 e. The summed E-state index contributed by atoms with van der Waals surface area (Å²) in [5.74, 6) is 0.605. The minimum absolute atomic E-state index is 0.232.